The molecule has 3 rings (SSSR count). The van der Waals surface area contributed by atoms with Crippen LogP contribution in [0.4, 0.5) is 0 Å². The number of hydrogen-bond donors (Lipinski definition) is 2. The Morgan fingerprint density at radius 2 is 1.86 bits per heavy atom. The number of ether oxygens (including phenoxy) is 1. The number of fused-ring (bicyclic) bond motifs is 1. The highest BCUT2D eigenvalue weighted by molar-refractivity contribution is 7.81. The predicted octanol–water partition coefficient (Wildman–Crippen LogP) is 2.78. The lowest BCUT2D eigenvalue weighted by molar-refractivity contribution is 0.0892. The summed E-state index contributed by atoms with van der Waals surface area (Å²) >= 11 is 0. The van der Waals surface area contributed by atoms with Gasteiger partial charge in [-0.25, -0.2) is 0 Å². The zero-order valence-electron chi connectivity index (χ0n) is 14.4. The van der Waals surface area contributed by atoms with Gasteiger partial charge in [-0.2, -0.15) is 8.42 Å². The van der Waals surface area contributed by atoms with Gasteiger partial charge in [0.2, 0.25) is 0 Å². The molecule has 10 heteroatoms. The van der Waals surface area contributed by atoms with Crippen LogP contribution in [0, 0.1) is 0 Å². The Balaban J connectivity index is 1.87. The van der Waals surface area contributed by atoms with Gasteiger partial charge < -0.3 is 18.4 Å². The van der Waals surface area contributed by atoms with E-state index in [1.807, 2.05) is 0 Å². The summed E-state index contributed by atoms with van der Waals surface area (Å²) in [5.74, 6) is -2.16. The van der Waals surface area contributed by atoms with Gasteiger partial charge in [-0.3, -0.25) is 14.1 Å². The highest BCUT2D eigenvalue weighted by Crippen LogP contribution is 2.32. The number of methoxy groups -OCH3 is 1. The van der Waals surface area contributed by atoms with Crippen molar-refractivity contribution in [2.24, 2.45) is 0 Å². The van der Waals surface area contributed by atoms with E-state index in [-0.39, 0.29) is 16.9 Å². The molecule has 146 valence electrons. The van der Waals surface area contributed by atoms with E-state index < -0.39 is 39.9 Å². The first-order valence-electron chi connectivity index (χ1n) is 7.80. The number of aromatic hydroxyl groups is 1. The minimum atomic E-state index is -4.90. The van der Waals surface area contributed by atoms with Crippen molar-refractivity contribution in [2.45, 2.75) is 6.42 Å². The highest BCUT2D eigenvalue weighted by Gasteiger charge is 2.21. The number of hydrogen-bond acceptors (Lipinski definition) is 8. The number of carbonyl (C=O) groups excluding carboxylic acids is 2. The summed E-state index contributed by atoms with van der Waals surface area (Å²) in [6, 6.07) is 7.80. The van der Waals surface area contributed by atoms with Gasteiger partial charge >= 0.3 is 10.4 Å². The molecule has 0 aliphatic heterocycles. The van der Waals surface area contributed by atoms with Gasteiger partial charge in [0.25, 0.3) is 0 Å². The standard InChI is InChI=1S/C18H14O9S/c1-25-18-11(3-5-16-12(18)6-7-26-16)15(21)9-14(20)10-2-4-13(19)17(8-10)27-28(22,23)24/h2-8,19H,9H2,1H3,(H,22,23,24). The Kier molecular flexibility index (Phi) is 5.08. The molecule has 3 aromatic rings. The van der Waals surface area contributed by atoms with Crippen LogP contribution in [0.2, 0.25) is 0 Å². The Labute approximate surface area is 159 Å². The van der Waals surface area contributed by atoms with Crippen LogP contribution in [0.1, 0.15) is 27.1 Å². The molecule has 1 heterocycles. The van der Waals surface area contributed by atoms with E-state index in [1.54, 1.807) is 12.1 Å². The number of ketones is 2. The predicted molar refractivity (Wildman–Crippen MR) is 96.3 cm³/mol. The molecule has 2 aromatic carbocycles. The van der Waals surface area contributed by atoms with Crippen LogP contribution in [-0.4, -0.2) is 36.8 Å². The van der Waals surface area contributed by atoms with Gasteiger partial charge in [0.15, 0.2) is 23.1 Å². The van der Waals surface area contributed by atoms with Crippen LogP contribution in [0.25, 0.3) is 11.0 Å². The Hall–Kier alpha value is -3.37. The van der Waals surface area contributed by atoms with Crippen molar-refractivity contribution < 1.29 is 41.0 Å². The lowest BCUT2D eigenvalue weighted by Gasteiger charge is -2.09. The van der Waals surface area contributed by atoms with Crippen LogP contribution in [0.15, 0.2) is 47.1 Å². The van der Waals surface area contributed by atoms with E-state index in [0.717, 1.165) is 12.1 Å². The van der Waals surface area contributed by atoms with E-state index in [9.17, 15) is 23.1 Å². The minimum absolute atomic E-state index is 0.0897. The fraction of sp³-hybridized carbons (Fsp3) is 0.111. The molecule has 0 saturated carbocycles. The van der Waals surface area contributed by atoms with Crippen LogP contribution >= 0.6 is 0 Å². The molecule has 0 saturated heterocycles. The second-order valence-electron chi connectivity index (χ2n) is 5.70. The molecule has 0 aliphatic rings. The molecule has 0 unspecified atom stereocenters. The van der Waals surface area contributed by atoms with Crippen molar-refractivity contribution in [3.63, 3.8) is 0 Å². The van der Waals surface area contributed by atoms with Crippen molar-refractivity contribution in [1.29, 1.82) is 0 Å². The molecule has 0 bridgehead atoms. The lowest BCUT2D eigenvalue weighted by Crippen LogP contribution is -2.11. The molecule has 0 amide bonds. The summed E-state index contributed by atoms with van der Waals surface area (Å²) < 4.78 is 45.1. The minimum Gasteiger partial charge on any atom is -0.504 e. The second-order valence-corrected chi connectivity index (χ2v) is 6.72. The average Bonchev–Trinajstić information content (AvgIpc) is 3.10. The molecule has 0 atom stereocenters. The van der Waals surface area contributed by atoms with Gasteiger partial charge in [0.1, 0.15) is 11.3 Å². The number of rotatable bonds is 7. The lowest BCUT2D eigenvalue weighted by atomic mass is 9.99. The molecule has 0 radical (unpaired) electrons. The third-order valence-corrected chi connectivity index (χ3v) is 4.28. The number of benzene rings is 2. The molecule has 1 aromatic heterocycles. The van der Waals surface area contributed by atoms with Gasteiger partial charge in [0.05, 0.1) is 30.7 Å². The zero-order valence-corrected chi connectivity index (χ0v) is 15.2. The molecular formula is C18H14O9S. The van der Waals surface area contributed by atoms with E-state index in [0.29, 0.717) is 11.0 Å². The largest absolute Gasteiger partial charge is 0.504 e. The van der Waals surface area contributed by atoms with E-state index in [2.05, 4.69) is 4.18 Å². The van der Waals surface area contributed by atoms with Gasteiger partial charge in [-0.15, -0.1) is 0 Å². The number of phenols is 1. The van der Waals surface area contributed by atoms with Crippen molar-refractivity contribution in [2.75, 3.05) is 7.11 Å². The van der Waals surface area contributed by atoms with Crippen molar-refractivity contribution in [3.8, 4) is 17.2 Å². The third-order valence-electron chi connectivity index (χ3n) is 3.89. The summed E-state index contributed by atoms with van der Waals surface area (Å²) in [4.78, 5) is 25.0. The van der Waals surface area contributed by atoms with E-state index in [1.165, 1.54) is 25.5 Å². The Morgan fingerprint density at radius 1 is 1.11 bits per heavy atom. The molecule has 28 heavy (non-hydrogen) atoms. The summed E-state index contributed by atoms with van der Waals surface area (Å²) in [5, 5.41) is 10.2. The van der Waals surface area contributed by atoms with Crippen molar-refractivity contribution >= 4 is 32.9 Å². The first kappa shape index (κ1) is 19.4. The highest BCUT2D eigenvalue weighted by atomic mass is 32.3. The molecule has 2 N–H and O–H groups in total. The maximum Gasteiger partial charge on any atom is 0.446 e. The number of Topliss-reactive ketones (excluding diaryl/α,β-unsaturated/α-hetero) is 2. The van der Waals surface area contributed by atoms with Gasteiger partial charge in [-0.1, -0.05) is 0 Å². The zero-order chi connectivity index (χ0) is 20.5. The molecular weight excluding hydrogens is 392 g/mol. The van der Waals surface area contributed by atoms with Crippen LogP contribution in [0.3, 0.4) is 0 Å². The Morgan fingerprint density at radius 3 is 2.54 bits per heavy atom. The molecule has 0 fully saturated rings. The normalized spacial score (nSPS) is 11.4. The smallest absolute Gasteiger partial charge is 0.446 e. The first-order valence-corrected chi connectivity index (χ1v) is 9.16. The van der Waals surface area contributed by atoms with Crippen LogP contribution in [-0.2, 0) is 10.4 Å². The summed E-state index contributed by atoms with van der Waals surface area (Å²) in [6.45, 7) is 0. The van der Waals surface area contributed by atoms with Crippen molar-refractivity contribution in [3.05, 3.63) is 53.8 Å². The molecule has 0 aliphatic carbocycles. The number of furan rings is 1. The number of carbonyl (C=O) groups is 2. The fourth-order valence-electron chi connectivity index (χ4n) is 2.67. The maximum absolute atomic E-state index is 12.6. The van der Waals surface area contributed by atoms with Crippen LogP contribution in [0.5, 0.6) is 17.2 Å². The third kappa shape index (κ3) is 3.97. The fourth-order valence-corrected chi connectivity index (χ4v) is 3.03. The van der Waals surface area contributed by atoms with E-state index >= 15 is 0 Å². The second kappa shape index (κ2) is 7.33. The monoisotopic (exact) mass is 406 g/mol. The van der Waals surface area contributed by atoms with E-state index in [4.69, 9.17) is 13.7 Å². The van der Waals surface area contributed by atoms with Gasteiger partial charge in [0, 0.05) is 5.56 Å². The Bertz CT molecular complexity index is 1170. The molecule has 0 spiro atoms. The average molecular weight is 406 g/mol. The van der Waals surface area contributed by atoms with Crippen LogP contribution < -0.4 is 8.92 Å². The summed E-state index contributed by atoms with van der Waals surface area (Å²) in [6.07, 6.45) is 0.898. The topological polar surface area (TPSA) is 140 Å². The number of phenolic OH excluding ortho intramolecular Hbond substituents is 1. The molecule has 9 nitrogen and oxygen atoms in total. The maximum atomic E-state index is 12.6. The van der Waals surface area contributed by atoms with Crippen molar-refractivity contribution in [1.82, 2.24) is 0 Å². The summed E-state index contributed by atoms with van der Waals surface area (Å²) in [5.41, 5.74) is 0.608. The quantitative estimate of drug-likeness (QED) is 0.344. The van der Waals surface area contributed by atoms with Gasteiger partial charge in [-0.05, 0) is 36.4 Å². The summed E-state index contributed by atoms with van der Waals surface area (Å²) in [7, 11) is -3.51. The SMILES string of the molecule is COc1c(C(=O)CC(=O)c2ccc(O)c(OS(=O)(=O)O)c2)ccc2occc12. The first-order chi connectivity index (χ1) is 13.2.